The van der Waals surface area contributed by atoms with Gasteiger partial charge in [-0.3, -0.25) is 4.79 Å². The highest BCUT2D eigenvalue weighted by molar-refractivity contribution is 5.81. The smallest absolute Gasteiger partial charge is 0.471 e. The van der Waals surface area contributed by atoms with Crippen molar-refractivity contribution >= 4 is 11.6 Å². The number of carbonyl (C=O) groups excluding carboxylic acids is 1. The van der Waals surface area contributed by atoms with Crippen molar-refractivity contribution in [2.24, 2.45) is 0 Å². The zero-order chi connectivity index (χ0) is 33.1. The van der Waals surface area contributed by atoms with E-state index in [4.69, 9.17) is 18.9 Å². The van der Waals surface area contributed by atoms with Gasteiger partial charge < -0.3 is 34.5 Å². The first-order valence-corrected chi connectivity index (χ1v) is 16.3. The van der Waals surface area contributed by atoms with Gasteiger partial charge in [-0.1, -0.05) is 42.5 Å². The Hall–Kier alpha value is -3.80. The fourth-order valence-electron chi connectivity index (χ4n) is 6.18. The second kappa shape index (κ2) is 16.9. The first-order chi connectivity index (χ1) is 22.8. The molecule has 0 bridgehead atoms. The third-order valence-corrected chi connectivity index (χ3v) is 8.64. The number of nitrogens with zero attached hydrogens (tertiary/aromatic N) is 1. The van der Waals surface area contributed by atoms with Crippen molar-refractivity contribution in [3.63, 3.8) is 0 Å². The van der Waals surface area contributed by atoms with E-state index in [1.165, 1.54) is 5.56 Å². The van der Waals surface area contributed by atoms with Crippen LogP contribution in [0.5, 0.6) is 11.5 Å². The monoisotopic (exact) mass is 655 g/mol. The van der Waals surface area contributed by atoms with Crippen LogP contribution in [0.15, 0.2) is 66.7 Å². The number of aryl methyl sites for hydroxylation is 1. The number of carbonyl (C=O) groups is 1. The van der Waals surface area contributed by atoms with Crippen molar-refractivity contribution in [2.75, 3.05) is 57.9 Å². The molecule has 2 atom stereocenters. The third-order valence-electron chi connectivity index (χ3n) is 8.64. The van der Waals surface area contributed by atoms with E-state index >= 15 is 0 Å². The number of anilines is 1. The van der Waals surface area contributed by atoms with Gasteiger partial charge in [0.05, 0.1) is 39.6 Å². The highest BCUT2D eigenvalue weighted by Crippen LogP contribution is 2.32. The number of hydrogen-bond acceptors (Lipinski definition) is 7. The number of halogens is 3. The van der Waals surface area contributed by atoms with E-state index < -0.39 is 12.1 Å². The Kier molecular flexibility index (Phi) is 12.4. The summed E-state index contributed by atoms with van der Waals surface area (Å²) in [6.45, 7) is 4.70. The van der Waals surface area contributed by atoms with Gasteiger partial charge in [0.2, 0.25) is 0 Å². The summed E-state index contributed by atoms with van der Waals surface area (Å²) >= 11 is 0. The summed E-state index contributed by atoms with van der Waals surface area (Å²) in [5, 5.41) is 5.43. The van der Waals surface area contributed by atoms with Crippen molar-refractivity contribution < 1.29 is 36.9 Å². The minimum atomic E-state index is -4.87. The Morgan fingerprint density at radius 3 is 2.68 bits per heavy atom. The number of hydrogen-bond donors (Lipinski definition) is 2. The van der Waals surface area contributed by atoms with Crippen molar-refractivity contribution in [2.45, 2.75) is 57.1 Å². The molecule has 3 aromatic rings. The molecular formula is C36H44F3N3O5. The summed E-state index contributed by atoms with van der Waals surface area (Å²) in [7, 11) is 1.66. The lowest BCUT2D eigenvalue weighted by atomic mass is 9.87. The number of alkyl halides is 3. The summed E-state index contributed by atoms with van der Waals surface area (Å²) in [6, 6.07) is 22.3. The number of piperidine rings is 1. The maximum atomic E-state index is 12.6. The fourth-order valence-corrected chi connectivity index (χ4v) is 6.18. The molecule has 1 fully saturated rings. The molecule has 1 saturated heterocycles. The second-order valence-corrected chi connectivity index (χ2v) is 11.9. The number of methoxy groups -OCH3 is 1. The number of nitrogens with one attached hydrogen (secondary N) is 2. The highest BCUT2D eigenvalue weighted by atomic mass is 19.4. The van der Waals surface area contributed by atoms with E-state index in [-0.39, 0.29) is 18.6 Å². The molecule has 1 amide bonds. The van der Waals surface area contributed by atoms with Gasteiger partial charge in [0, 0.05) is 49.8 Å². The Balaban J connectivity index is 1.08. The van der Waals surface area contributed by atoms with Gasteiger partial charge in [0.1, 0.15) is 11.5 Å². The fraction of sp³-hybridized carbons (Fsp3) is 0.472. The molecule has 3 aromatic carbocycles. The maximum Gasteiger partial charge on any atom is 0.471 e. The molecule has 0 saturated carbocycles. The Labute approximate surface area is 274 Å². The summed E-state index contributed by atoms with van der Waals surface area (Å²) < 4.78 is 61.3. The van der Waals surface area contributed by atoms with Gasteiger partial charge in [0.25, 0.3) is 0 Å². The predicted molar refractivity (Wildman–Crippen MR) is 174 cm³/mol. The van der Waals surface area contributed by atoms with Crippen molar-refractivity contribution in [3.8, 4) is 11.5 Å². The van der Waals surface area contributed by atoms with Gasteiger partial charge in [-0.15, -0.1) is 0 Å². The van der Waals surface area contributed by atoms with E-state index in [2.05, 4.69) is 35.6 Å². The Morgan fingerprint density at radius 1 is 1.04 bits per heavy atom. The number of benzene rings is 3. The lowest BCUT2D eigenvalue weighted by molar-refractivity contribution is -0.173. The van der Waals surface area contributed by atoms with Gasteiger partial charge in [-0.05, 0) is 66.8 Å². The molecule has 0 spiro atoms. The molecule has 2 N–H and O–H groups in total. The van der Waals surface area contributed by atoms with Crippen LogP contribution in [0.4, 0.5) is 18.9 Å². The first kappa shape index (κ1) is 34.5. The Bertz CT molecular complexity index is 1440. The van der Waals surface area contributed by atoms with Gasteiger partial charge >= 0.3 is 12.1 Å². The number of rotatable bonds is 15. The summed E-state index contributed by atoms with van der Waals surface area (Å²) in [5.41, 5.74) is 5.39. The minimum Gasteiger partial charge on any atom is -0.496 e. The van der Waals surface area contributed by atoms with Crippen molar-refractivity contribution in [3.05, 3.63) is 89.0 Å². The van der Waals surface area contributed by atoms with Gasteiger partial charge in [-0.25, -0.2) is 0 Å². The molecule has 47 heavy (non-hydrogen) atoms. The molecule has 254 valence electrons. The van der Waals surface area contributed by atoms with Gasteiger partial charge in [-0.2, -0.15) is 13.2 Å². The molecule has 2 aliphatic rings. The Morgan fingerprint density at radius 2 is 1.87 bits per heavy atom. The average Bonchev–Trinajstić information content (AvgIpc) is 3.09. The van der Waals surface area contributed by atoms with Crippen LogP contribution in [0.2, 0.25) is 0 Å². The molecule has 0 aromatic heterocycles. The van der Waals surface area contributed by atoms with Crippen molar-refractivity contribution in [1.82, 2.24) is 10.6 Å². The summed E-state index contributed by atoms with van der Waals surface area (Å²) in [5.74, 6) is -0.0221. The van der Waals surface area contributed by atoms with E-state index in [1.54, 1.807) is 7.11 Å². The van der Waals surface area contributed by atoms with Crippen LogP contribution in [0.1, 0.15) is 47.4 Å². The van der Waals surface area contributed by atoms with Crippen LogP contribution in [0.3, 0.4) is 0 Å². The zero-order valence-electron chi connectivity index (χ0n) is 26.8. The quantitative estimate of drug-likeness (QED) is 0.201. The normalized spacial score (nSPS) is 18.0. The molecule has 2 aliphatic heterocycles. The van der Waals surface area contributed by atoms with E-state index in [0.717, 1.165) is 79.2 Å². The van der Waals surface area contributed by atoms with Crippen LogP contribution in [-0.2, 0) is 33.9 Å². The minimum absolute atomic E-state index is 0.0133. The number of ether oxygens (including phenoxy) is 4. The molecule has 2 unspecified atom stereocenters. The molecule has 0 radical (unpaired) electrons. The predicted octanol–water partition coefficient (Wildman–Crippen LogP) is 5.77. The number of amides is 1. The molecular weight excluding hydrogens is 611 g/mol. The topological polar surface area (TPSA) is 81.3 Å². The van der Waals surface area contributed by atoms with Crippen LogP contribution in [0, 0.1) is 0 Å². The standard InChI is InChI=1S/C36H44F3N3O5/c1-44-33-8-3-2-6-29(33)25-45-20-5-21-46-30-13-11-27(12-14-30)31-15-16-40-23-34(31)47-24-26-9-10-28-7-4-18-42(32(28)22-26)19-17-41-35(43)36(37,38)39/h2-3,6,8-14,22,31,34,40H,4-5,7,15-21,23-25H2,1H3,(H,41,43). The van der Waals surface area contributed by atoms with Crippen LogP contribution >= 0.6 is 0 Å². The highest BCUT2D eigenvalue weighted by Gasteiger charge is 2.38. The lowest BCUT2D eigenvalue weighted by Gasteiger charge is -2.33. The van der Waals surface area contributed by atoms with E-state index in [9.17, 15) is 18.0 Å². The lowest BCUT2D eigenvalue weighted by Crippen LogP contribution is -2.42. The van der Waals surface area contributed by atoms with Crippen LogP contribution in [-0.4, -0.2) is 71.2 Å². The van der Waals surface area contributed by atoms with Crippen LogP contribution < -0.4 is 25.0 Å². The van der Waals surface area contributed by atoms with E-state index in [0.29, 0.717) is 33.0 Å². The third kappa shape index (κ3) is 9.85. The number of para-hydroxylation sites is 1. The largest absolute Gasteiger partial charge is 0.496 e. The van der Waals surface area contributed by atoms with Crippen molar-refractivity contribution in [1.29, 1.82) is 0 Å². The summed E-state index contributed by atoms with van der Waals surface area (Å²) in [6.07, 6.45) is -1.34. The molecule has 8 nitrogen and oxygen atoms in total. The van der Waals surface area contributed by atoms with Crippen LogP contribution in [0.25, 0.3) is 0 Å². The average molecular weight is 656 g/mol. The molecule has 11 heteroatoms. The molecule has 2 heterocycles. The number of fused-ring (bicyclic) bond motifs is 1. The zero-order valence-corrected chi connectivity index (χ0v) is 26.8. The molecule has 5 rings (SSSR count). The second-order valence-electron chi connectivity index (χ2n) is 11.9. The maximum absolute atomic E-state index is 12.6. The SMILES string of the molecule is COc1ccccc1COCCCOc1ccc(C2CCNCC2OCc2ccc3c(c2)N(CCNC(=O)C(F)(F)F)CCC3)cc1. The van der Waals surface area contributed by atoms with E-state index in [1.807, 2.05) is 46.6 Å². The first-order valence-electron chi connectivity index (χ1n) is 16.3. The van der Waals surface area contributed by atoms with Gasteiger partial charge in [0.15, 0.2) is 0 Å². The summed E-state index contributed by atoms with van der Waals surface area (Å²) in [4.78, 5) is 13.3. The molecule has 0 aliphatic carbocycles.